The van der Waals surface area contributed by atoms with E-state index >= 15 is 0 Å². The summed E-state index contributed by atoms with van der Waals surface area (Å²) in [5.74, 6) is 5.14. The van der Waals surface area contributed by atoms with Gasteiger partial charge in [0, 0.05) is 12.6 Å². The van der Waals surface area contributed by atoms with Crippen LogP contribution in [0.15, 0.2) is 18.3 Å². The summed E-state index contributed by atoms with van der Waals surface area (Å²) in [6.07, 6.45) is 5.83. The fourth-order valence-corrected chi connectivity index (χ4v) is 2.53. The molecule has 6 nitrogen and oxygen atoms in total. The fourth-order valence-electron chi connectivity index (χ4n) is 2.53. The standard InChI is InChI=1S/C13H20N4O2/c14-16-10-5-6-12(15-9-10)13(19)17(7-8-18)11-3-1-2-4-11/h5-6,9,11,16,18H,1-4,7-8,14H2. The average Bonchev–Trinajstić information content (AvgIpc) is 2.98. The molecule has 104 valence electrons. The molecule has 1 fully saturated rings. The van der Waals surface area contributed by atoms with E-state index in [-0.39, 0.29) is 18.6 Å². The van der Waals surface area contributed by atoms with Crippen molar-refractivity contribution in [1.29, 1.82) is 0 Å². The predicted octanol–water partition coefficient (Wildman–Crippen LogP) is 0.744. The topological polar surface area (TPSA) is 91.5 Å². The Balaban J connectivity index is 2.12. The van der Waals surface area contributed by atoms with Crippen molar-refractivity contribution in [1.82, 2.24) is 9.88 Å². The van der Waals surface area contributed by atoms with Gasteiger partial charge in [0.15, 0.2) is 0 Å². The zero-order valence-electron chi connectivity index (χ0n) is 10.9. The van der Waals surface area contributed by atoms with Crippen molar-refractivity contribution in [3.05, 3.63) is 24.0 Å². The molecular weight excluding hydrogens is 244 g/mol. The van der Waals surface area contributed by atoms with Crippen molar-refractivity contribution in [2.75, 3.05) is 18.6 Å². The molecule has 4 N–H and O–H groups in total. The van der Waals surface area contributed by atoms with Gasteiger partial charge in [-0.2, -0.15) is 0 Å². The van der Waals surface area contributed by atoms with E-state index in [9.17, 15) is 4.79 Å². The van der Waals surface area contributed by atoms with E-state index in [1.165, 1.54) is 6.20 Å². The van der Waals surface area contributed by atoms with E-state index in [0.717, 1.165) is 25.7 Å². The molecule has 0 atom stereocenters. The molecular formula is C13H20N4O2. The maximum Gasteiger partial charge on any atom is 0.272 e. The van der Waals surface area contributed by atoms with E-state index in [1.54, 1.807) is 17.0 Å². The van der Waals surface area contributed by atoms with Crippen LogP contribution < -0.4 is 11.3 Å². The van der Waals surface area contributed by atoms with Crippen molar-refractivity contribution in [3.63, 3.8) is 0 Å². The lowest BCUT2D eigenvalue weighted by molar-refractivity contribution is 0.0632. The lowest BCUT2D eigenvalue weighted by atomic mass is 10.2. The van der Waals surface area contributed by atoms with Gasteiger partial charge in [-0.25, -0.2) is 4.98 Å². The molecule has 1 amide bonds. The first-order valence-corrected chi connectivity index (χ1v) is 6.60. The van der Waals surface area contributed by atoms with Crippen LogP contribution in [0.5, 0.6) is 0 Å². The molecule has 1 aliphatic rings. The van der Waals surface area contributed by atoms with Gasteiger partial charge in [-0.05, 0) is 25.0 Å². The van der Waals surface area contributed by atoms with E-state index in [1.807, 2.05) is 0 Å². The predicted molar refractivity (Wildman–Crippen MR) is 72.4 cm³/mol. The molecule has 2 rings (SSSR count). The number of carbonyl (C=O) groups excluding carboxylic acids is 1. The Hall–Kier alpha value is -1.66. The summed E-state index contributed by atoms with van der Waals surface area (Å²) in [4.78, 5) is 18.3. The number of hydrazine groups is 1. The van der Waals surface area contributed by atoms with Gasteiger partial charge < -0.3 is 15.4 Å². The molecule has 1 aromatic rings. The zero-order valence-corrected chi connectivity index (χ0v) is 10.9. The highest BCUT2D eigenvalue weighted by Crippen LogP contribution is 2.24. The van der Waals surface area contributed by atoms with E-state index < -0.39 is 0 Å². The normalized spacial score (nSPS) is 15.5. The van der Waals surface area contributed by atoms with Crippen LogP contribution in [0.3, 0.4) is 0 Å². The SMILES string of the molecule is NNc1ccc(C(=O)N(CCO)C2CCCC2)nc1. The second-order valence-electron chi connectivity index (χ2n) is 4.74. The summed E-state index contributed by atoms with van der Waals surface area (Å²) in [7, 11) is 0. The van der Waals surface area contributed by atoms with Crippen LogP contribution in [0.2, 0.25) is 0 Å². The van der Waals surface area contributed by atoms with Crippen LogP contribution in [-0.2, 0) is 0 Å². The number of rotatable bonds is 5. The van der Waals surface area contributed by atoms with Gasteiger partial charge in [0.2, 0.25) is 0 Å². The number of anilines is 1. The Morgan fingerprint density at radius 1 is 1.47 bits per heavy atom. The van der Waals surface area contributed by atoms with Crippen molar-refractivity contribution in [2.45, 2.75) is 31.7 Å². The Morgan fingerprint density at radius 2 is 2.21 bits per heavy atom. The highest BCUT2D eigenvalue weighted by molar-refractivity contribution is 5.92. The number of pyridine rings is 1. The Kier molecular flexibility index (Phi) is 4.70. The average molecular weight is 264 g/mol. The first-order chi connectivity index (χ1) is 9.26. The number of nitrogens with one attached hydrogen (secondary N) is 1. The summed E-state index contributed by atoms with van der Waals surface area (Å²) in [5.41, 5.74) is 3.52. The highest BCUT2D eigenvalue weighted by atomic mass is 16.3. The summed E-state index contributed by atoms with van der Waals surface area (Å²) < 4.78 is 0. The molecule has 0 saturated heterocycles. The first kappa shape index (κ1) is 13.8. The molecule has 0 radical (unpaired) electrons. The molecule has 0 unspecified atom stereocenters. The number of carbonyl (C=O) groups is 1. The van der Waals surface area contributed by atoms with Gasteiger partial charge in [0.25, 0.3) is 5.91 Å². The zero-order chi connectivity index (χ0) is 13.7. The smallest absolute Gasteiger partial charge is 0.272 e. The molecule has 1 saturated carbocycles. The number of nitrogen functional groups attached to an aromatic ring is 1. The van der Waals surface area contributed by atoms with E-state index in [0.29, 0.717) is 17.9 Å². The Labute approximate surface area is 112 Å². The molecule has 1 heterocycles. The summed E-state index contributed by atoms with van der Waals surface area (Å²) in [6.45, 7) is 0.340. The second-order valence-corrected chi connectivity index (χ2v) is 4.74. The number of hydrogen-bond donors (Lipinski definition) is 3. The van der Waals surface area contributed by atoms with E-state index in [2.05, 4.69) is 10.4 Å². The second kappa shape index (κ2) is 6.49. The summed E-state index contributed by atoms with van der Waals surface area (Å²) in [5, 5.41) is 9.13. The monoisotopic (exact) mass is 264 g/mol. The van der Waals surface area contributed by atoms with Gasteiger partial charge in [-0.1, -0.05) is 12.8 Å². The molecule has 6 heteroatoms. The highest BCUT2D eigenvalue weighted by Gasteiger charge is 2.27. The largest absolute Gasteiger partial charge is 0.395 e. The number of aliphatic hydroxyl groups excluding tert-OH is 1. The minimum absolute atomic E-state index is 0.0231. The molecule has 0 aliphatic heterocycles. The van der Waals surface area contributed by atoms with Gasteiger partial charge in [-0.3, -0.25) is 10.6 Å². The first-order valence-electron chi connectivity index (χ1n) is 6.60. The Morgan fingerprint density at radius 3 is 2.74 bits per heavy atom. The number of aromatic nitrogens is 1. The van der Waals surface area contributed by atoms with Crippen LogP contribution in [0, 0.1) is 0 Å². The number of nitrogens with zero attached hydrogens (tertiary/aromatic N) is 2. The van der Waals surface area contributed by atoms with Crippen molar-refractivity contribution in [2.24, 2.45) is 5.84 Å². The quantitative estimate of drug-likeness (QED) is 0.539. The third kappa shape index (κ3) is 3.21. The lowest BCUT2D eigenvalue weighted by Gasteiger charge is -2.28. The van der Waals surface area contributed by atoms with Crippen LogP contribution in [-0.4, -0.2) is 40.1 Å². The van der Waals surface area contributed by atoms with Crippen LogP contribution in [0.1, 0.15) is 36.2 Å². The lowest BCUT2D eigenvalue weighted by Crippen LogP contribution is -2.41. The molecule has 1 aromatic heterocycles. The van der Waals surface area contributed by atoms with Crippen LogP contribution >= 0.6 is 0 Å². The van der Waals surface area contributed by atoms with Gasteiger partial charge in [-0.15, -0.1) is 0 Å². The van der Waals surface area contributed by atoms with Gasteiger partial charge >= 0.3 is 0 Å². The number of hydrogen-bond acceptors (Lipinski definition) is 5. The minimum Gasteiger partial charge on any atom is -0.395 e. The van der Waals surface area contributed by atoms with Gasteiger partial charge in [0.05, 0.1) is 18.5 Å². The number of amides is 1. The molecule has 1 aliphatic carbocycles. The molecule has 0 spiro atoms. The Bertz CT molecular complexity index is 415. The molecule has 0 aromatic carbocycles. The summed E-state index contributed by atoms with van der Waals surface area (Å²) >= 11 is 0. The van der Waals surface area contributed by atoms with Crippen LogP contribution in [0.25, 0.3) is 0 Å². The third-order valence-electron chi connectivity index (χ3n) is 3.52. The third-order valence-corrected chi connectivity index (χ3v) is 3.52. The number of aliphatic hydroxyl groups is 1. The number of nitrogens with two attached hydrogens (primary N) is 1. The summed E-state index contributed by atoms with van der Waals surface area (Å²) in [6, 6.07) is 3.59. The fraction of sp³-hybridized carbons (Fsp3) is 0.538. The maximum atomic E-state index is 12.4. The minimum atomic E-state index is -0.121. The molecule has 19 heavy (non-hydrogen) atoms. The van der Waals surface area contributed by atoms with Gasteiger partial charge in [0.1, 0.15) is 5.69 Å². The van der Waals surface area contributed by atoms with E-state index in [4.69, 9.17) is 10.9 Å². The van der Waals surface area contributed by atoms with Crippen molar-refractivity contribution < 1.29 is 9.90 Å². The van der Waals surface area contributed by atoms with Crippen LogP contribution in [0.4, 0.5) is 5.69 Å². The maximum absolute atomic E-state index is 12.4. The molecule has 0 bridgehead atoms. The van der Waals surface area contributed by atoms with Crippen molar-refractivity contribution >= 4 is 11.6 Å². The van der Waals surface area contributed by atoms with Crippen molar-refractivity contribution in [3.8, 4) is 0 Å².